The van der Waals surface area contributed by atoms with Crippen LogP contribution in [0.25, 0.3) is 11.3 Å². The molecule has 1 atom stereocenters. The molecule has 2 N–H and O–H groups in total. The summed E-state index contributed by atoms with van der Waals surface area (Å²) >= 11 is 2.81. The molecule has 132 valence electrons. The van der Waals surface area contributed by atoms with Gasteiger partial charge in [0.05, 0.1) is 5.69 Å². The van der Waals surface area contributed by atoms with Gasteiger partial charge < -0.3 is 5.32 Å². The lowest BCUT2D eigenvalue weighted by Gasteiger charge is -2.14. The van der Waals surface area contributed by atoms with Crippen molar-refractivity contribution in [3.8, 4) is 11.3 Å². The molecule has 3 rings (SSSR count). The van der Waals surface area contributed by atoms with Crippen LogP contribution in [0.5, 0.6) is 0 Å². The predicted octanol–water partition coefficient (Wildman–Crippen LogP) is 4.10. The first kappa shape index (κ1) is 18.2. The standard InChI is InChI=1S/C19H17N3O2S2/c1-20-18(24)22-17(23)16(14-10-6-3-7-11-14)26-19-21-15(12-25-19)13-8-4-2-5-9-13/h2-12,16H,1H3,(H2,20,22,23,24)/t16-/m0/s1. The van der Waals surface area contributed by atoms with E-state index < -0.39 is 11.3 Å². The lowest BCUT2D eigenvalue weighted by molar-refractivity contribution is -0.119. The largest absolute Gasteiger partial charge is 0.341 e. The van der Waals surface area contributed by atoms with Crippen molar-refractivity contribution in [2.75, 3.05) is 7.05 Å². The maximum atomic E-state index is 12.6. The van der Waals surface area contributed by atoms with Gasteiger partial charge in [0, 0.05) is 18.0 Å². The molecule has 1 heterocycles. The Labute approximate surface area is 159 Å². The number of hydrogen-bond donors (Lipinski definition) is 2. The minimum Gasteiger partial charge on any atom is -0.341 e. The Hall–Kier alpha value is -2.64. The van der Waals surface area contributed by atoms with E-state index in [0.29, 0.717) is 0 Å². The number of rotatable bonds is 5. The summed E-state index contributed by atoms with van der Waals surface area (Å²) in [6.07, 6.45) is 0. The quantitative estimate of drug-likeness (QED) is 0.651. The summed E-state index contributed by atoms with van der Waals surface area (Å²) in [6.45, 7) is 0. The third-order valence-corrected chi connectivity index (χ3v) is 5.80. The molecule has 0 aliphatic carbocycles. The molecule has 3 amide bonds. The molecule has 0 bridgehead atoms. The molecule has 3 aromatic rings. The Bertz CT molecular complexity index is 882. The Morgan fingerprint density at radius 2 is 1.69 bits per heavy atom. The molecule has 0 spiro atoms. The Morgan fingerprint density at radius 3 is 2.35 bits per heavy atom. The van der Waals surface area contributed by atoms with Crippen LogP contribution >= 0.6 is 23.1 Å². The van der Waals surface area contributed by atoms with Crippen molar-refractivity contribution in [2.45, 2.75) is 9.59 Å². The van der Waals surface area contributed by atoms with Gasteiger partial charge in [0.15, 0.2) is 4.34 Å². The minimum absolute atomic E-state index is 0.378. The molecule has 2 aromatic carbocycles. The third-order valence-electron chi connectivity index (χ3n) is 3.58. The number of nitrogens with zero attached hydrogens (tertiary/aromatic N) is 1. The fourth-order valence-corrected chi connectivity index (χ4v) is 4.31. The first-order chi connectivity index (χ1) is 12.7. The smallest absolute Gasteiger partial charge is 0.321 e. The first-order valence-electron chi connectivity index (χ1n) is 7.92. The van der Waals surface area contributed by atoms with Gasteiger partial charge in [0.2, 0.25) is 5.91 Å². The molecule has 0 saturated carbocycles. The Morgan fingerprint density at radius 1 is 1.04 bits per heavy atom. The van der Waals surface area contributed by atoms with Crippen molar-refractivity contribution in [2.24, 2.45) is 0 Å². The predicted molar refractivity (Wildman–Crippen MR) is 105 cm³/mol. The van der Waals surface area contributed by atoms with Gasteiger partial charge in [0.25, 0.3) is 0 Å². The summed E-state index contributed by atoms with van der Waals surface area (Å²) in [4.78, 5) is 28.7. The average molecular weight is 383 g/mol. The van der Waals surface area contributed by atoms with Crippen molar-refractivity contribution >= 4 is 35.0 Å². The number of thioether (sulfide) groups is 1. The number of hydrogen-bond acceptors (Lipinski definition) is 5. The second kappa shape index (κ2) is 8.64. The second-order valence-corrected chi connectivity index (χ2v) is 7.55. The Kier molecular flexibility index (Phi) is 6.04. The lowest BCUT2D eigenvalue weighted by atomic mass is 10.1. The molecule has 7 heteroatoms. The SMILES string of the molecule is CNC(=O)NC(=O)[C@@H](Sc1nc(-c2ccccc2)cs1)c1ccccc1. The molecule has 0 aliphatic rings. The van der Waals surface area contributed by atoms with Gasteiger partial charge in [-0.3, -0.25) is 10.1 Å². The number of benzene rings is 2. The van der Waals surface area contributed by atoms with Gasteiger partial charge in [-0.15, -0.1) is 11.3 Å². The topological polar surface area (TPSA) is 71.1 Å². The summed E-state index contributed by atoms with van der Waals surface area (Å²) in [6, 6.07) is 18.7. The van der Waals surface area contributed by atoms with E-state index in [0.717, 1.165) is 21.2 Å². The molecular weight excluding hydrogens is 366 g/mol. The van der Waals surface area contributed by atoms with E-state index in [9.17, 15) is 9.59 Å². The maximum Gasteiger partial charge on any atom is 0.321 e. The Balaban J connectivity index is 1.83. The number of urea groups is 1. The first-order valence-corrected chi connectivity index (χ1v) is 9.68. The van der Waals surface area contributed by atoms with E-state index in [1.807, 2.05) is 66.0 Å². The highest BCUT2D eigenvalue weighted by atomic mass is 32.2. The summed E-state index contributed by atoms with van der Waals surface area (Å²) < 4.78 is 0.768. The lowest BCUT2D eigenvalue weighted by Crippen LogP contribution is -2.39. The van der Waals surface area contributed by atoms with Crippen LogP contribution in [-0.2, 0) is 4.79 Å². The van der Waals surface area contributed by atoms with Crippen LogP contribution in [0.3, 0.4) is 0 Å². The molecule has 1 aromatic heterocycles. The number of carbonyl (C=O) groups excluding carboxylic acids is 2. The maximum absolute atomic E-state index is 12.6. The molecule has 26 heavy (non-hydrogen) atoms. The van der Waals surface area contributed by atoms with Gasteiger partial charge in [0.1, 0.15) is 5.25 Å². The average Bonchev–Trinajstić information content (AvgIpc) is 3.16. The monoisotopic (exact) mass is 383 g/mol. The van der Waals surface area contributed by atoms with Crippen molar-refractivity contribution < 1.29 is 9.59 Å². The molecule has 0 fully saturated rings. The highest BCUT2D eigenvalue weighted by Crippen LogP contribution is 2.38. The van der Waals surface area contributed by atoms with Gasteiger partial charge in [-0.25, -0.2) is 9.78 Å². The van der Waals surface area contributed by atoms with Gasteiger partial charge in [-0.2, -0.15) is 0 Å². The summed E-state index contributed by atoms with van der Waals surface area (Å²) in [5, 5.41) is 6.15. The number of carbonyl (C=O) groups is 2. The summed E-state index contributed by atoms with van der Waals surface area (Å²) in [5.41, 5.74) is 2.72. The normalized spacial score (nSPS) is 11.6. The van der Waals surface area contributed by atoms with Crippen LogP contribution in [-0.4, -0.2) is 24.0 Å². The molecule has 0 aliphatic heterocycles. The number of amides is 3. The van der Waals surface area contributed by atoms with Crippen LogP contribution in [0.4, 0.5) is 4.79 Å². The van der Waals surface area contributed by atoms with E-state index in [-0.39, 0.29) is 5.91 Å². The third kappa shape index (κ3) is 4.50. The fraction of sp³-hybridized carbons (Fsp3) is 0.105. The van der Waals surface area contributed by atoms with Crippen molar-refractivity contribution in [3.05, 3.63) is 71.6 Å². The van der Waals surface area contributed by atoms with Crippen LogP contribution in [0.1, 0.15) is 10.8 Å². The zero-order valence-corrected chi connectivity index (χ0v) is 15.6. The van der Waals surface area contributed by atoms with E-state index in [1.165, 1.54) is 30.1 Å². The van der Waals surface area contributed by atoms with E-state index in [1.54, 1.807) is 0 Å². The molecular formula is C19H17N3O2S2. The molecule has 0 unspecified atom stereocenters. The van der Waals surface area contributed by atoms with Crippen molar-refractivity contribution in [1.82, 2.24) is 15.6 Å². The number of imide groups is 1. The van der Waals surface area contributed by atoms with Crippen molar-refractivity contribution in [3.63, 3.8) is 0 Å². The highest BCUT2D eigenvalue weighted by Gasteiger charge is 2.25. The van der Waals surface area contributed by atoms with E-state index in [2.05, 4.69) is 15.6 Å². The summed E-state index contributed by atoms with van der Waals surface area (Å²) in [7, 11) is 1.47. The van der Waals surface area contributed by atoms with Gasteiger partial charge in [-0.05, 0) is 5.56 Å². The molecule has 5 nitrogen and oxygen atoms in total. The molecule has 0 saturated heterocycles. The van der Waals surface area contributed by atoms with Crippen LogP contribution < -0.4 is 10.6 Å². The van der Waals surface area contributed by atoms with Crippen LogP contribution in [0.2, 0.25) is 0 Å². The number of nitrogens with one attached hydrogen (secondary N) is 2. The van der Waals surface area contributed by atoms with Crippen LogP contribution in [0, 0.1) is 0 Å². The second-order valence-electron chi connectivity index (χ2n) is 5.34. The van der Waals surface area contributed by atoms with E-state index in [4.69, 9.17) is 0 Å². The fourth-order valence-electron chi connectivity index (χ4n) is 2.29. The summed E-state index contributed by atoms with van der Waals surface area (Å²) in [5.74, 6) is -0.378. The number of thiazole rings is 1. The van der Waals surface area contributed by atoms with Gasteiger partial charge in [-0.1, -0.05) is 72.4 Å². The number of aromatic nitrogens is 1. The van der Waals surface area contributed by atoms with Gasteiger partial charge >= 0.3 is 6.03 Å². The zero-order chi connectivity index (χ0) is 18.4. The van der Waals surface area contributed by atoms with Crippen molar-refractivity contribution in [1.29, 1.82) is 0 Å². The van der Waals surface area contributed by atoms with E-state index >= 15 is 0 Å². The highest BCUT2D eigenvalue weighted by molar-refractivity contribution is 8.01. The molecule has 0 radical (unpaired) electrons. The zero-order valence-electron chi connectivity index (χ0n) is 14.0. The minimum atomic E-state index is -0.566. The van der Waals surface area contributed by atoms with Crippen LogP contribution in [0.15, 0.2) is 70.4 Å².